The van der Waals surface area contributed by atoms with E-state index >= 15 is 0 Å². The van der Waals surface area contributed by atoms with E-state index in [0.29, 0.717) is 17.9 Å². The quantitative estimate of drug-likeness (QED) is 0.402. The fraction of sp³-hybridized carbons (Fsp3) is 0.111. The summed E-state index contributed by atoms with van der Waals surface area (Å²) in [6, 6.07) is 33.8. The van der Waals surface area contributed by atoms with Crippen LogP contribution in [-0.2, 0) is 16.4 Å². The van der Waals surface area contributed by atoms with Crippen LogP contribution >= 0.6 is 0 Å². The van der Waals surface area contributed by atoms with E-state index in [0.717, 1.165) is 33.4 Å². The van der Waals surface area contributed by atoms with E-state index in [-0.39, 0.29) is 0 Å². The van der Waals surface area contributed by atoms with Crippen molar-refractivity contribution in [3.63, 3.8) is 0 Å². The first-order valence-electron chi connectivity index (χ1n) is 10.3. The van der Waals surface area contributed by atoms with Gasteiger partial charge in [-0.1, -0.05) is 90.5 Å². The van der Waals surface area contributed by atoms with Gasteiger partial charge in [-0.05, 0) is 59.4 Å². The van der Waals surface area contributed by atoms with Crippen LogP contribution in [0.15, 0.2) is 108 Å². The molecule has 0 aliphatic carbocycles. The lowest BCUT2D eigenvalue weighted by molar-refractivity contribution is 0.581. The summed E-state index contributed by atoms with van der Waals surface area (Å²) in [5.41, 5.74) is 6.69. The average molecular weight is 428 g/mol. The highest BCUT2D eigenvalue weighted by atomic mass is 32.2. The molecule has 4 heteroatoms. The van der Waals surface area contributed by atoms with Crippen LogP contribution in [0.2, 0.25) is 0 Å². The van der Waals surface area contributed by atoms with Gasteiger partial charge in [-0.15, -0.1) is 0 Å². The monoisotopic (exact) mass is 427 g/mol. The molecule has 0 heterocycles. The van der Waals surface area contributed by atoms with Crippen LogP contribution in [0.4, 0.5) is 0 Å². The van der Waals surface area contributed by atoms with Crippen LogP contribution in [0.3, 0.4) is 0 Å². The summed E-state index contributed by atoms with van der Waals surface area (Å²) in [4.78, 5) is 0.292. The lowest BCUT2D eigenvalue weighted by Crippen LogP contribution is -2.26. The van der Waals surface area contributed by atoms with Gasteiger partial charge in [-0.2, -0.15) is 0 Å². The lowest BCUT2D eigenvalue weighted by Gasteiger charge is -2.14. The largest absolute Gasteiger partial charge is 0.240 e. The summed E-state index contributed by atoms with van der Waals surface area (Å²) in [7, 11) is -3.53. The first kappa shape index (κ1) is 21.0. The van der Waals surface area contributed by atoms with Crippen LogP contribution in [0.5, 0.6) is 0 Å². The standard InChI is InChI=1S/C27H25NO2S/c1-21-12-16-26(17-13-21)31(29,30)28-19-18-24-14-15-25(22-8-4-2-5-9-22)20-27(24)23-10-6-3-7-11-23/h2-17,20,28H,18-19H2,1H3. The summed E-state index contributed by atoms with van der Waals surface area (Å²) in [6.07, 6.45) is 0.602. The Balaban J connectivity index is 1.58. The molecule has 0 aliphatic rings. The van der Waals surface area contributed by atoms with Crippen molar-refractivity contribution in [1.82, 2.24) is 4.72 Å². The summed E-state index contributed by atoms with van der Waals surface area (Å²) < 4.78 is 28.0. The number of benzene rings is 4. The van der Waals surface area contributed by atoms with E-state index in [1.54, 1.807) is 12.1 Å². The van der Waals surface area contributed by atoms with Gasteiger partial charge in [-0.25, -0.2) is 13.1 Å². The van der Waals surface area contributed by atoms with E-state index in [1.165, 1.54) is 0 Å². The van der Waals surface area contributed by atoms with Crippen molar-refractivity contribution < 1.29 is 8.42 Å². The third-order valence-electron chi connectivity index (χ3n) is 5.32. The maximum absolute atomic E-state index is 12.6. The Morgan fingerprint density at radius 1 is 0.677 bits per heavy atom. The van der Waals surface area contributed by atoms with Crippen LogP contribution in [0, 0.1) is 6.92 Å². The van der Waals surface area contributed by atoms with Crippen molar-refractivity contribution in [2.24, 2.45) is 0 Å². The molecule has 156 valence electrons. The molecule has 0 saturated carbocycles. The topological polar surface area (TPSA) is 46.2 Å². The fourth-order valence-corrected chi connectivity index (χ4v) is 4.64. The molecule has 4 aromatic carbocycles. The number of sulfonamides is 1. The smallest absolute Gasteiger partial charge is 0.211 e. The van der Waals surface area contributed by atoms with Gasteiger partial charge in [0.1, 0.15) is 0 Å². The van der Waals surface area contributed by atoms with Gasteiger partial charge in [0, 0.05) is 6.54 Å². The second-order valence-electron chi connectivity index (χ2n) is 7.56. The number of rotatable bonds is 7. The maximum Gasteiger partial charge on any atom is 0.240 e. The van der Waals surface area contributed by atoms with Crippen molar-refractivity contribution in [3.05, 3.63) is 114 Å². The minimum atomic E-state index is -3.53. The second-order valence-corrected chi connectivity index (χ2v) is 9.33. The molecule has 4 aromatic rings. The lowest BCUT2D eigenvalue weighted by atomic mass is 9.93. The van der Waals surface area contributed by atoms with E-state index in [9.17, 15) is 8.42 Å². The summed E-state index contributed by atoms with van der Waals surface area (Å²) in [5.74, 6) is 0. The molecule has 0 atom stereocenters. The molecule has 0 spiro atoms. The van der Waals surface area contributed by atoms with Crippen LogP contribution in [-0.4, -0.2) is 15.0 Å². The number of hydrogen-bond donors (Lipinski definition) is 1. The number of nitrogens with one attached hydrogen (secondary N) is 1. The highest BCUT2D eigenvalue weighted by molar-refractivity contribution is 7.89. The van der Waals surface area contributed by atoms with Gasteiger partial charge in [0.15, 0.2) is 0 Å². The fourth-order valence-electron chi connectivity index (χ4n) is 3.61. The average Bonchev–Trinajstić information content (AvgIpc) is 2.80. The van der Waals surface area contributed by atoms with Crippen molar-refractivity contribution >= 4 is 10.0 Å². The van der Waals surface area contributed by atoms with Crippen molar-refractivity contribution in [2.75, 3.05) is 6.54 Å². The van der Waals surface area contributed by atoms with Gasteiger partial charge in [0.2, 0.25) is 10.0 Å². The SMILES string of the molecule is Cc1ccc(S(=O)(=O)NCCc2ccc(-c3ccccc3)cc2-c2ccccc2)cc1. The van der Waals surface area contributed by atoms with Crippen molar-refractivity contribution in [1.29, 1.82) is 0 Å². The Morgan fingerprint density at radius 3 is 1.94 bits per heavy atom. The van der Waals surface area contributed by atoms with E-state index in [2.05, 4.69) is 47.2 Å². The van der Waals surface area contributed by atoms with Crippen LogP contribution in [0.25, 0.3) is 22.3 Å². The predicted molar refractivity (Wildman–Crippen MR) is 127 cm³/mol. The van der Waals surface area contributed by atoms with Gasteiger partial charge in [-0.3, -0.25) is 0 Å². The van der Waals surface area contributed by atoms with Crippen LogP contribution < -0.4 is 4.72 Å². The van der Waals surface area contributed by atoms with E-state index in [4.69, 9.17) is 0 Å². The Kier molecular flexibility index (Phi) is 6.31. The maximum atomic E-state index is 12.6. The van der Waals surface area contributed by atoms with Gasteiger partial charge in [0.05, 0.1) is 4.90 Å². The minimum absolute atomic E-state index is 0.292. The van der Waals surface area contributed by atoms with E-state index in [1.807, 2.05) is 55.5 Å². The molecule has 3 nitrogen and oxygen atoms in total. The van der Waals surface area contributed by atoms with Gasteiger partial charge in [0.25, 0.3) is 0 Å². The zero-order valence-electron chi connectivity index (χ0n) is 17.5. The third-order valence-corrected chi connectivity index (χ3v) is 6.80. The molecule has 4 rings (SSSR count). The predicted octanol–water partition coefficient (Wildman–Crippen LogP) is 5.85. The molecule has 0 bridgehead atoms. The molecular weight excluding hydrogens is 402 g/mol. The molecule has 0 radical (unpaired) electrons. The third kappa shape index (κ3) is 5.10. The molecule has 1 N–H and O–H groups in total. The van der Waals surface area contributed by atoms with Gasteiger partial charge < -0.3 is 0 Å². The Bertz CT molecular complexity index is 1250. The van der Waals surface area contributed by atoms with Crippen molar-refractivity contribution in [3.8, 4) is 22.3 Å². The summed E-state index contributed by atoms with van der Waals surface area (Å²) in [5, 5.41) is 0. The number of hydrogen-bond acceptors (Lipinski definition) is 2. The summed E-state index contributed by atoms with van der Waals surface area (Å²) >= 11 is 0. The highest BCUT2D eigenvalue weighted by Gasteiger charge is 2.14. The molecule has 0 aromatic heterocycles. The zero-order chi connectivity index (χ0) is 21.7. The molecule has 0 amide bonds. The normalized spacial score (nSPS) is 11.4. The Morgan fingerprint density at radius 2 is 1.29 bits per heavy atom. The number of aryl methyl sites for hydroxylation is 1. The van der Waals surface area contributed by atoms with E-state index < -0.39 is 10.0 Å². The molecule has 31 heavy (non-hydrogen) atoms. The van der Waals surface area contributed by atoms with Gasteiger partial charge >= 0.3 is 0 Å². The van der Waals surface area contributed by atoms with Crippen LogP contribution in [0.1, 0.15) is 11.1 Å². The molecule has 0 fully saturated rings. The molecule has 0 aliphatic heterocycles. The highest BCUT2D eigenvalue weighted by Crippen LogP contribution is 2.30. The zero-order valence-corrected chi connectivity index (χ0v) is 18.3. The molecular formula is C27H25NO2S. The Labute approximate surface area is 184 Å². The second kappa shape index (κ2) is 9.29. The first-order valence-corrected chi connectivity index (χ1v) is 11.8. The molecule has 0 saturated heterocycles. The first-order chi connectivity index (χ1) is 15.0. The Hall–Kier alpha value is -3.21. The van der Waals surface area contributed by atoms with Crippen molar-refractivity contribution in [2.45, 2.75) is 18.2 Å². The molecule has 0 unspecified atom stereocenters. The minimum Gasteiger partial charge on any atom is -0.211 e. The summed E-state index contributed by atoms with van der Waals surface area (Å²) in [6.45, 7) is 2.27.